The Bertz CT molecular complexity index is 392. The van der Waals surface area contributed by atoms with Crippen LogP contribution in [0.5, 0.6) is 0 Å². The van der Waals surface area contributed by atoms with Crippen LogP contribution in [0.15, 0.2) is 0 Å². The second-order valence-electron chi connectivity index (χ2n) is 11.9. The maximum Gasteiger partial charge on any atom is 0.0176 e. The monoisotopic (exact) mass is 482 g/mol. The van der Waals surface area contributed by atoms with Crippen LogP contribution in [0.3, 0.4) is 0 Å². The van der Waals surface area contributed by atoms with Gasteiger partial charge in [-0.25, -0.2) is 0 Å². The van der Waals surface area contributed by atoms with E-state index in [1.807, 2.05) is 0 Å². The van der Waals surface area contributed by atoms with E-state index in [-0.39, 0.29) is 0 Å². The summed E-state index contributed by atoms with van der Waals surface area (Å²) in [5.41, 5.74) is 0. The fourth-order valence-corrected chi connectivity index (χ4v) is 7.94. The Balaban J connectivity index is 1.87. The van der Waals surface area contributed by atoms with Gasteiger partial charge in [0.25, 0.3) is 0 Å². The third-order valence-electron chi connectivity index (χ3n) is 9.67. The van der Waals surface area contributed by atoms with Crippen LogP contribution in [0, 0.1) is 47.3 Å². The van der Waals surface area contributed by atoms with E-state index in [1.165, 1.54) is 89.9 Å². The van der Waals surface area contributed by atoms with Gasteiger partial charge in [-0.2, -0.15) is 0 Å². The third-order valence-corrected chi connectivity index (χ3v) is 10.9. The van der Waals surface area contributed by atoms with E-state index in [2.05, 4.69) is 57.5 Å². The molecule has 2 saturated carbocycles. The number of halogens is 1. The Morgan fingerprint density at radius 2 is 1.03 bits per heavy atom. The fourth-order valence-electron chi connectivity index (χ4n) is 6.94. The van der Waals surface area contributed by atoms with Gasteiger partial charge >= 0.3 is 0 Å². The summed E-state index contributed by atoms with van der Waals surface area (Å²) >= 11 is 4.09. The van der Waals surface area contributed by atoms with Crippen molar-refractivity contribution in [1.29, 1.82) is 0 Å². The topological polar surface area (TPSA) is 0 Å². The Kier molecular flexibility index (Phi) is 12.4. The van der Waals surface area contributed by atoms with Gasteiger partial charge in [0.2, 0.25) is 0 Å². The molecule has 0 aromatic carbocycles. The molecule has 0 N–H and O–H groups in total. The molecule has 0 amide bonds. The van der Waals surface area contributed by atoms with Crippen molar-refractivity contribution in [3.63, 3.8) is 0 Å². The molecule has 0 aromatic heterocycles. The number of rotatable bonds is 12. The highest BCUT2D eigenvalue weighted by atomic mass is 79.9. The molecule has 7 atom stereocenters. The van der Waals surface area contributed by atoms with Crippen LogP contribution < -0.4 is 0 Å². The van der Waals surface area contributed by atoms with E-state index >= 15 is 0 Å². The number of unbranched alkanes of at least 4 members (excludes halogenated alkanes) is 8. The highest BCUT2D eigenvalue weighted by Crippen LogP contribution is 2.49. The zero-order valence-corrected chi connectivity index (χ0v) is 23.1. The number of alkyl halides is 1. The molecular formula is C29H55Br. The van der Waals surface area contributed by atoms with E-state index in [0.29, 0.717) is 0 Å². The standard InChI is InChI=1S/C29H55Br/c1-7-8-9-10-11-12-13-14-15-16-28(26-17-21(2)24(5)22(3)18-26)27-19-23(4)25(6)29(30)20-27/h21-29H,7-20H2,1-6H3. The lowest BCUT2D eigenvalue weighted by Crippen LogP contribution is -2.39. The van der Waals surface area contributed by atoms with Crippen molar-refractivity contribution in [2.24, 2.45) is 47.3 Å². The molecule has 0 aromatic rings. The van der Waals surface area contributed by atoms with E-state index in [1.54, 1.807) is 0 Å². The minimum Gasteiger partial charge on any atom is -0.0888 e. The fraction of sp³-hybridized carbons (Fsp3) is 1.00. The van der Waals surface area contributed by atoms with Crippen LogP contribution in [0.2, 0.25) is 0 Å². The molecule has 0 radical (unpaired) electrons. The van der Waals surface area contributed by atoms with Crippen LogP contribution in [-0.4, -0.2) is 4.83 Å². The maximum atomic E-state index is 4.09. The third kappa shape index (κ3) is 8.12. The summed E-state index contributed by atoms with van der Waals surface area (Å²) in [6, 6.07) is 0. The predicted octanol–water partition coefficient (Wildman–Crippen LogP) is 10.3. The average molecular weight is 484 g/mol. The SMILES string of the molecule is CCCCCCCCCCCC(C1CC(C)C(C)C(C)C1)C1CC(C)C(C)C(Br)C1. The zero-order chi connectivity index (χ0) is 22.1. The van der Waals surface area contributed by atoms with Crippen molar-refractivity contribution in [2.75, 3.05) is 0 Å². The molecule has 0 spiro atoms. The Hall–Kier alpha value is 0.480. The predicted molar refractivity (Wildman–Crippen MR) is 139 cm³/mol. The van der Waals surface area contributed by atoms with Crippen LogP contribution in [-0.2, 0) is 0 Å². The highest BCUT2D eigenvalue weighted by molar-refractivity contribution is 9.09. The maximum absolute atomic E-state index is 4.09. The molecule has 2 rings (SSSR count). The van der Waals surface area contributed by atoms with Gasteiger partial charge in [-0.3, -0.25) is 0 Å². The summed E-state index contributed by atoms with van der Waals surface area (Å²) in [6.45, 7) is 14.9. The number of hydrogen-bond acceptors (Lipinski definition) is 0. The molecule has 2 fully saturated rings. The van der Waals surface area contributed by atoms with Crippen LogP contribution in [0.1, 0.15) is 131 Å². The van der Waals surface area contributed by atoms with Crippen LogP contribution in [0.4, 0.5) is 0 Å². The summed E-state index contributed by atoms with van der Waals surface area (Å²) < 4.78 is 0. The quantitative estimate of drug-likeness (QED) is 0.191. The van der Waals surface area contributed by atoms with Gasteiger partial charge in [-0.1, -0.05) is 115 Å². The second-order valence-corrected chi connectivity index (χ2v) is 13.1. The van der Waals surface area contributed by atoms with Crippen molar-refractivity contribution in [3.8, 4) is 0 Å². The first-order valence-corrected chi connectivity index (χ1v) is 14.9. The molecule has 0 bridgehead atoms. The average Bonchev–Trinajstić information content (AvgIpc) is 2.71. The van der Waals surface area contributed by atoms with Gasteiger partial charge in [0.15, 0.2) is 0 Å². The zero-order valence-electron chi connectivity index (χ0n) is 21.5. The van der Waals surface area contributed by atoms with Crippen molar-refractivity contribution in [3.05, 3.63) is 0 Å². The molecule has 0 saturated heterocycles. The summed E-state index contributed by atoms with van der Waals surface area (Å²) in [5, 5.41) is 0. The number of hydrogen-bond donors (Lipinski definition) is 0. The van der Waals surface area contributed by atoms with Crippen molar-refractivity contribution in [1.82, 2.24) is 0 Å². The highest BCUT2D eigenvalue weighted by Gasteiger charge is 2.41. The minimum absolute atomic E-state index is 0.745. The second kappa shape index (κ2) is 13.9. The minimum atomic E-state index is 0.745. The lowest BCUT2D eigenvalue weighted by atomic mass is 9.60. The molecule has 2 aliphatic carbocycles. The first kappa shape index (κ1) is 26.7. The molecular weight excluding hydrogens is 428 g/mol. The van der Waals surface area contributed by atoms with Crippen molar-refractivity contribution >= 4 is 15.9 Å². The normalized spacial score (nSPS) is 38.5. The summed E-state index contributed by atoms with van der Waals surface area (Å²) in [4.78, 5) is 0.745. The summed E-state index contributed by atoms with van der Waals surface area (Å²) in [7, 11) is 0. The Labute approximate surface area is 199 Å². The molecule has 0 nitrogen and oxygen atoms in total. The van der Waals surface area contributed by atoms with E-state index in [4.69, 9.17) is 0 Å². The summed E-state index contributed by atoms with van der Waals surface area (Å²) in [5.74, 6) is 7.44. The first-order valence-electron chi connectivity index (χ1n) is 14.0. The molecule has 0 aliphatic heterocycles. The van der Waals surface area contributed by atoms with Gasteiger partial charge in [0.1, 0.15) is 0 Å². The van der Waals surface area contributed by atoms with Crippen molar-refractivity contribution in [2.45, 2.75) is 136 Å². The Morgan fingerprint density at radius 3 is 1.53 bits per heavy atom. The lowest BCUT2D eigenvalue weighted by molar-refractivity contribution is 0.0472. The van der Waals surface area contributed by atoms with E-state index in [0.717, 1.165) is 52.2 Å². The molecule has 7 unspecified atom stereocenters. The Morgan fingerprint density at radius 1 is 0.600 bits per heavy atom. The summed E-state index contributed by atoms with van der Waals surface area (Å²) in [6.07, 6.45) is 20.6. The van der Waals surface area contributed by atoms with Gasteiger partial charge in [0.05, 0.1) is 0 Å². The smallest absolute Gasteiger partial charge is 0.0176 e. The van der Waals surface area contributed by atoms with Gasteiger partial charge < -0.3 is 0 Å². The first-order chi connectivity index (χ1) is 14.3. The molecule has 0 heterocycles. The van der Waals surface area contributed by atoms with E-state index in [9.17, 15) is 0 Å². The van der Waals surface area contributed by atoms with Crippen LogP contribution in [0.25, 0.3) is 0 Å². The molecule has 30 heavy (non-hydrogen) atoms. The van der Waals surface area contributed by atoms with Crippen LogP contribution >= 0.6 is 15.9 Å². The molecule has 178 valence electrons. The van der Waals surface area contributed by atoms with Gasteiger partial charge in [-0.15, -0.1) is 0 Å². The molecule has 1 heteroatoms. The lowest BCUT2D eigenvalue weighted by Gasteiger charge is -2.47. The van der Waals surface area contributed by atoms with Gasteiger partial charge in [0, 0.05) is 4.83 Å². The van der Waals surface area contributed by atoms with Gasteiger partial charge in [-0.05, 0) is 79.4 Å². The largest absolute Gasteiger partial charge is 0.0888 e. The van der Waals surface area contributed by atoms with E-state index < -0.39 is 0 Å². The molecule has 2 aliphatic rings. The van der Waals surface area contributed by atoms with Crippen molar-refractivity contribution < 1.29 is 0 Å².